The molecule has 1 rings (SSSR count). The molecule has 2 amide bonds. The molecule has 28 heavy (non-hydrogen) atoms. The lowest BCUT2D eigenvalue weighted by Crippen LogP contribution is -2.55. The van der Waals surface area contributed by atoms with Gasteiger partial charge >= 0.3 is 12.0 Å². The van der Waals surface area contributed by atoms with Gasteiger partial charge in [-0.2, -0.15) is 0 Å². The van der Waals surface area contributed by atoms with Crippen LogP contribution in [0.4, 0.5) is 4.79 Å². The van der Waals surface area contributed by atoms with Crippen LogP contribution in [0.15, 0.2) is 30.3 Å². The topological polar surface area (TPSA) is 90.5 Å². The highest BCUT2D eigenvalue weighted by Gasteiger charge is 2.29. The molecule has 2 unspecified atom stereocenters. The fourth-order valence-corrected chi connectivity index (χ4v) is 3.41. The second-order valence-electron chi connectivity index (χ2n) is 7.99. The molecule has 0 aliphatic rings. The van der Waals surface area contributed by atoms with Crippen LogP contribution in [-0.2, 0) is 4.79 Å². The quantitative estimate of drug-likeness (QED) is 0.434. The van der Waals surface area contributed by atoms with E-state index in [9.17, 15) is 14.7 Å². The summed E-state index contributed by atoms with van der Waals surface area (Å²) >= 11 is 0. The number of aliphatic carboxylic acids is 1. The van der Waals surface area contributed by atoms with Gasteiger partial charge in [-0.1, -0.05) is 58.0 Å². The van der Waals surface area contributed by atoms with Crippen molar-refractivity contribution < 1.29 is 14.7 Å². The Bertz CT molecular complexity index is 600. The normalized spacial score (nSPS) is 13.8. The summed E-state index contributed by atoms with van der Waals surface area (Å²) in [6.07, 6.45) is 2.28. The van der Waals surface area contributed by atoms with Crippen LogP contribution >= 0.6 is 0 Å². The molecular formula is C22H37N3O3. The van der Waals surface area contributed by atoms with Gasteiger partial charge in [-0.25, -0.2) is 4.79 Å². The Morgan fingerprint density at radius 3 is 2.14 bits per heavy atom. The summed E-state index contributed by atoms with van der Waals surface area (Å²) in [6.45, 7) is 10.9. The first-order valence-electron chi connectivity index (χ1n) is 10.3. The number of hydrogen-bond donors (Lipinski definition) is 4. The molecule has 0 saturated heterocycles. The minimum atomic E-state index is -0.871. The highest BCUT2D eigenvalue weighted by atomic mass is 16.4. The Balaban J connectivity index is 2.61. The molecule has 0 spiro atoms. The molecule has 6 heteroatoms. The summed E-state index contributed by atoms with van der Waals surface area (Å²) in [6, 6.07) is 10.1. The minimum absolute atomic E-state index is 0.137. The molecule has 0 heterocycles. The number of nitrogens with one attached hydrogen (secondary N) is 3. The maximum Gasteiger partial charge on any atom is 0.314 e. The first-order valence-corrected chi connectivity index (χ1v) is 10.3. The van der Waals surface area contributed by atoms with E-state index in [-0.39, 0.29) is 30.1 Å². The van der Waals surface area contributed by atoms with Gasteiger partial charge in [-0.15, -0.1) is 0 Å². The largest absolute Gasteiger partial charge is 0.481 e. The molecule has 158 valence electrons. The zero-order chi connectivity index (χ0) is 21.2. The first kappa shape index (κ1) is 24.0. The maximum atomic E-state index is 12.2. The number of urea groups is 1. The second-order valence-corrected chi connectivity index (χ2v) is 7.99. The molecule has 0 bridgehead atoms. The third kappa shape index (κ3) is 7.89. The zero-order valence-corrected chi connectivity index (χ0v) is 17.9. The number of carboxylic acid groups (broad SMARTS) is 1. The van der Waals surface area contributed by atoms with Crippen LogP contribution in [0.25, 0.3) is 0 Å². The van der Waals surface area contributed by atoms with Crippen molar-refractivity contribution in [3.05, 3.63) is 35.9 Å². The van der Waals surface area contributed by atoms with Gasteiger partial charge in [0.05, 0.1) is 5.92 Å². The molecule has 0 aliphatic heterocycles. The standard InChI is InChI=1S/C22H37N3O3/c1-6-22(7-2,25-17(5)18-11-9-8-10-12-18)15-24-21(28)23-14-19(20(26)27)13-16(3)4/h8-12,16-17,19,25H,6-7,13-15H2,1-5H3,(H,26,27)(H2,23,24,28). The molecule has 0 radical (unpaired) electrons. The summed E-state index contributed by atoms with van der Waals surface area (Å²) in [7, 11) is 0. The molecular weight excluding hydrogens is 354 g/mol. The van der Waals surface area contributed by atoms with Crippen molar-refractivity contribution in [3.8, 4) is 0 Å². The average Bonchev–Trinajstić information content (AvgIpc) is 2.68. The SMILES string of the molecule is CCC(CC)(CNC(=O)NCC(CC(C)C)C(=O)O)NC(C)c1ccccc1. The van der Waals surface area contributed by atoms with Crippen LogP contribution in [0.1, 0.15) is 65.5 Å². The molecule has 0 aliphatic carbocycles. The highest BCUT2D eigenvalue weighted by Crippen LogP contribution is 2.21. The molecule has 2 atom stereocenters. The Kier molecular flexibility index (Phi) is 10.0. The molecule has 0 aromatic heterocycles. The van der Waals surface area contributed by atoms with E-state index >= 15 is 0 Å². The number of amides is 2. The van der Waals surface area contributed by atoms with E-state index in [0.29, 0.717) is 13.0 Å². The third-order valence-electron chi connectivity index (χ3n) is 5.38. The van der Waals surface area contributed by atoms with Crippen LogP contribution in [0, 0.1) is 11.8 Å². The second kappa shape index (κ2) is 11.7. The maximum absolute atomic E-state index is 12.2. The van der Waals surface area contributed by atoms with Crippen LogP contribution < -0.4 is 16.0 Å². The van der Waals surface area contributed by atoms with Crippen molar-refractivity contribution >= 4 is 12.0 Å². The summed E-state index contributed by atoms with van der Waals surface area (Å²) in [4.78, 5) is 23.6. The predicted molar refractivity (Wildman–Crippen MR) is 113 cm³/mol. The van der Waals surface area contributed by atoms with Crippen molar-refractivity contribution in [2.24, 2.45) is 11.8 Å². The molecule has 4 N–H and O–H groups in total. The number of carboxylic acids is 1. The van der Waals surface area contributed by atoms with E-state index in [1.165, 1.54) is 5.56 Å². The van der Waals surface area contributed by atoms with E-state index in [2.05, 4.69) is 48.9 Å². The van der Waals surface area contributed by atoms with Crippen molar-refractivity contribution in [2.45, 2.75) is 65.5 Å². The van der Waals surface area contributed by atoms with E-state index in [1.54, 1.807) is 0 Å². The van der Waals surface area contributed by atoms with Crippen LogP contribution in [0.2, 0.25) is 0 Å². The molecule has 6 nitrogen and oxygen atoms in total. The van der Waals surface area contributed by atoms with Gasteiger partial charge in [0.15, 0.2) is 0 Å². The lowest BCUT2D eigenvalue weighted by molar-refractivity contribution is -0.142. The Morgan fingerprint density at radius 1 is 1.04 bits per heavy atom. The monoisotopic (exact) mass is 391 g/mol. The lowest BCUT2D eigenvalue weighted by atomic mass is 9.90. The summed E-state index contributed by atoms with van der Waals surface area (Å²) in [5, 5.41) is 18.6. The fraction of sp³-hybridized carbons (Fsp3) is 0.636. The van der Waals surface area contributed by atoms with Crippen molar-refractivity contribution in [1.82, 2.24) is 16.0 Å². The van der Waals surface area contributed by atoms with Crippen molar-refractivity contribution in [2.75, 3.05) is 13.1 Å². The van der Waals surface area contributed by atoms with Gasteiger partial charge in [0.25, 0.3) is 0 Å². The Morgan fingerprint density at radius 2 is 1.64 bits per heavy atom. The average molecular weight is 392 g/mol. The third-order valence-corrected chi connectivity index (χ3v) is 5.38. The van der Waals surface area contributed by atoms with Crippen LogP contribution in [0.5, 0.6) is 0 Å². The molecule has 0 fully saturated rings. The zero-order valence-electron chi connectivity index (χ0n) is 17.9. The van der Waals surface area contributed by atoms with Crippen molar-refractivity contribution in [1.29, 1.82) is 0 Å². The van der Waals surface area contributed by atoms with Gasteiger partial charge < -0.3 is 21.1 Å². The Hall–Kier alpha value is -2.08. The highest BCUT2D eigenvalue weighted by molar-refractivity contribution is 5.75. The minimum Gasteiger partial charge on any atom is -0.481 e. The molecule has 1 aromatic rings. The first-order chi connectivity index (χ1) is 13.2. The number of benzene rings is 1. The predicted octanol–water partition coefficient (Wildman–Crippen LogP) is 3.94. The fourth-order valence-electron chi connectivity index (χ4n) is 3.41. The number of rotatable bonds is 12. The smallest absolute Gasteiger partial charge is 0.314 e. The van der Waals surface area contributed by atoms with E-state index in [0.717, 1.165) is 12.8 Å². The molecule has 1 aromatic carbocycles. The van der Waals surface area contributed by atoms with Crippen molar-refractivity contribution in [3.63, 3.8) is 0 Å². The number of carbonyl (C=O) groups excluding carboxylic acids is 1. The van der Waals surface area contributed by atoms with Crippen LogP contribution in [0.3, 0.4) is 0 Å². The van der Waals surface area contributed by atoms with Gasteiger partial charge in [0.1, 0.15) is 0 Å². The lowest BCUT2D eigenvalue weighted by Gasteiger charge is -2.36. The van der Waals surface area contributed by atoms with Crippen LogP contribution in [-0.4, -0.2) is 35.7 Å². The number of hydrogen-bond acceptors (Lipinski definition) is 3. The Labute approximate surface area is 169 Å². The van der Waals surface area contributed by atoms with E-state index in [1.807, 2.05) is 32.0 Å². The van der Waals surface area contributed by atoms with E-state index in [4.69, 9.17) is 0 Å². The van der Waals surface area contributed by atoms with Gasteiger partial charge in [0.2, 0.25) is 0 Å². The summed E-state index contributed by atoms with van der Waals surface area (Å²) in [5.41, 5.74) is 0.979. The summed E-state index contributed by atoms with van der Waals surface area (Å²) in [5.74, 6) is -1.17. The number of carbonyl (C=O) groups is 2. The van der Waals surface area contributed by atoms with Gasteiger partial charge in [0, 0.05) is 24.7 Å². The summed E-state index contributed by atoms with van der Waals surface area (Å²) < 4.78 is 0. The van der Waals surface area contributed by atoms with E-state index < -0.39 is 11.9 Å². The molecule has 0 saturated carbocycles. The van der Waals surface area contributed by atoms with Gasteiger partial charge in [-0.3, -0.25) is 4.79 Å². The van der Waals surface area contributed by atoms with Gasteiger partial charge in [-0.05, 0) is 37.7 Å².